The second-order valence-corrected chi connectivity index (χ2v) is 7.41. The van der Waals surface area contributed by atoms with Gasteiger partial charge in [0.25, 0.3) is 0 Å². The number of benzene rings is 2. The largest absolute Gasteiger partial charge is 0.493 e. The first kappa shape index (κ1) is 20.9. The summed E-state index contributed by atoms with van der Waals surface area (Å²) in [4.78, 5) is 4.12. The molecule has 2 aromatic heterocycles. The normalized spacial score (nSPS) is 12.1. The zero-order valence-electron chi connectivity index (χ0n) is 17.4. The number of halogens is 1. The van der Waals surface area contributed by atoms with Crippen molar-refractivity contribution < 1.29 is 18.3 Å². The van der Waals surface area contributed by atoms with Crippen molar-refractivity contribution in [1.82, 2.24) is 4.98 Å². The first-order chi connectivity index (χ1) is 15.1. The van der Waals surface area contributed by atoms with Crippen LogP contribution in [0.4, 0.5) is 4.39 Å². The van der Waals surface area contributed by atoms with Crippen LogP contribution in [0, 0.1) is 12.7 Å². The molecule has 0 saturated carbocycles. The van der Waals surface area contributed by atoms with Gasteiger partial charge in [-0.05, 0) is 55.7 Å². The number of rotatable bonds is 9. The molecule has 5 nitrogen and oxygen atoms in total. The maximum Gasteiger partial charge on any atom is 0.146 e. The van der Waals surface area contributed by atoms with Gasteiger partial charge in [-0.2, -0.15) is 0 Å². The summed E-state index contributed by atoms with van der Waals surface area (Å²) in [6.45, 7) is 2.73. The van der Waals surface area contributed by atoms with Gasteiger partial charge in [-0.25, -0.2) is 4.39 Å². The monoisotopic (exact) mass is 420 g/mol. The van der Waals surface area contributed by atoms with Gasteiger partial charge in [0, 0.05) is 30.1 Å². The minimum Gasteiger partial charge on any atom is -0.493 e. The van der Waals surface area contributed by atoms with E-state index in [2.05, 4.69) is 4.98 Å². The van der Waals surface area contributed by atoms with Gasteiger partial charge in [-0.1, -0.05) is 18.2 Å². The summed E-state index contributed by atoms with van der Waals surface area (Å²) in [6, 6.07) is 15.6. The van der Waals surface area contributed by atoms with E-state index in [4.69, 9.17) is 19.6 Å². The molecule has 1 unspecified atom stereocenters. The molecule has 160 valence electrons. The van der Waals surface area contributed by atoms with Crippen LogP contribution < -0.4 is 15.2 Å². The highest BCUT2D eigenvalue weighted by Crippen LogP contribution is 2.34. The fraction of sp³-hybridized carbons (Fsp3) is 0.240. The predicted molar refractivity (Wildman–Crippen MR) is 118 cm³/mol. The summed E-state index contributed by atoms with van der Waals surface area (Å²) in [5, 5.41) is 0.928. The van der Waals surface area contributed by atoms with Crippen LogP contribution in [-0.4, -0.2) is 11.6 Å². The number of furan rings is 1. The molecule has 6 heteroatoms. The zero-order valence-corrected chi connectivity index (χ0v) is 17.4. The van der Waals surface area contributed by atoms with Crippen molar-refractivity contribution in [1.29, 1.82) is 0 Å². The highest BCUT2D eigenvalue weighted by molar-refractivity contribution is 5.88. The Bertz CT molecular complexity index is 1140. The molecule has 2 N–H and O–H groups in total. The number of hydrogen-bond donors (Lipinski definition) is 1. The van der Waals surface area contributed by atoms with Gasteiger partial charge in [0.2, 0.25) is 0 Å². The van der Waals surface area contributed by atoms with Gasteiger partial charge in [0.15, 0.2) is 0 Å². The number of nitrogens with two attached hydrogens (primary N) is 1. The van der Waals surface area contributed by atoms with Gasteiger partial charge < -0.3 is 19.6 Å². The molecule has 31 heavy (non-hydrogen) atoms. The number of nitrogens with zero attached hydrogens (tertiary/aromatic N) is 1. The van der Waals surface area contributed by atoms with E-state index in [1.807, 2.05) is 37.3 Å². The molecule has 1 atom stereocenters. The Hall–Kier alpha value is -3.38. The smallest absolute Gasteiger partial charge is 0.146 e. The number of aryl methyl sites for hydroxylation is 1. The third-order valence-corrected chi connectivity index (χ3v) is 5.21. The first-order valence-corrected chi connectivity index (χ1v) is 10.3. The lowest BCUT2D eigenvalue weighted by atomic mass is 10.1. The first-order valence-electron chi connectivity index (χ1n) is 10.3. The second-order valence-electron chi connectivity index (χ2n) is 7.41. The summed E-state index contributed by atoms with van der Waals surface area (Å²) in [5.74, 6) is 1.58. The molecule has 0 bridgehead atoms. The standard InChI is InChI=1S/C25H25FN2O3/c1-17-24(16-30-20-8-2-7-19(26)14-20)31-23-11-3-10-22(25(17)23)29-13-5-9-21(27)18-6-4-12-28-15-18/h2-4,6-8,10-12,14-15,21H,5,9,13,16,27H2,1H3. The average molecular weight is 420 g/mol. The van der Waals surface area contributed by atoms with Crippen LogP contribution in [0.15, 0.2) is 71.4 Å². The number of aromatic nitrogens is 1. The van der Waals surface area contributed by atoms with E-state index in [0.29, 0.717) is 18.1 Å². The summed E-state index contributed by atoms with van der Waals surface area (Å²) < 4.78 is 31.1. The van der Waals surface area contributed by atoms with E-state index in [1.165, 1.54) is 12.1 Å². The fourth-order valence-electron chi connectivity index (χ4n) is 3.53. The van der Waals surface area contributed by atoms with E-state index in [9.17, 15) is 4.39 Å². The molecule has 0 radical (unpaired) electrons. The lowest BCUT2D eigenvalue weighted by Gasteiger charge is -2.12. The van der Waals surface area contributed by atoms with Crippen molar-refractivity contribution in [3.63, 3.8) is 0 Å². The molecule has 2 aromatic carbocycles. The van der Waals surface area contributed by atoms with Crippen LogP contribution in [0.25, 0.3) is 11.0 Å². The van der Waals surface area contributed by atoms with E-state index in [0.717, 1.165) is 40.7 Å². The highest BCUT2D eigenvalue weighted by atomic mass is 19.1. The molecule has 0 aliphatic rings. The quantitative estimate of drug-likeness (QED) is 0.351. The lowest BCUT2D eigenvalue weighted by molar-refractivity contribution is 0.272. The van der Waals surface area contributed by atoms with E-state index in [-0.39, 0.29) is 18.5 Å². The lowest BCUT2D eigenvalue weighted by Crippen LogP contribution is -2.12. The van der Waals surface area contributed by atoms with E-state index >= 15 is 0 Å². The Morgan fingerprint density at radius 3 is 2.77 bits per heavy atom. The zero-order chi connectivity index (χ0) is 21.6. The minimum atomic E-state index is -0.335. The Labute approximate surface area is 180 Å². The topological polar surface area (TPSA) is 70.5 Å². The molecule has 4 rings (SSSR count). The predicted octanol–water partition coefficient (Wildman–Crippen LogP) is 5.71. The molecular weight excluding hydrogens is 395 g/mol. The van der Waals surface area contributed by atoms with Crippen LogP contribution >= 0.6 is 0 Å². The second kappa shape index (κ2) is 9.62. The van der Waals surface area contributed by atoms with Crippen LogP contribution in [0.2, 0.25) is 0 Å². The van der Waals surface area contributed by atoms with Crippen molar-refractivity contribution in [2.24, 2.45) is 5.73 Å². The molecule has 0 aliphatic carbocycles. The molecule has 4 aromatic rings. The number of ether oxygens (including phenoxy) is 2. The summed E-state index contributed by atoms with van der Waals surface area (Å²) in [7, 11) is 0. The molecular formula is C25H25FN2O3. The Morgan fingerprint density at radius 1 is 1.10 bits per heavy atom. The Balaban J connectivity index is 1.39. The maximum atomic E-state index is 13.4. The summed E-state index contributed by atoms with van der Waals surface area (Å²) in [6.07, 6.45) is 5.16. The van der Waals surface area contributed by atoms with Crippen LogP contribution in [0.3, 0.4) is 0 Å². The van der Waals surface area contributed by atoms with Crippen LogP contribution in [0.1, 0.15) is 35.8 Å². The molecule has 0 fully saturated rings. The molecule has 2 heterocycles. The fourth-order valence-corrected chi connectivity index (χ4v) is 3.53. The summed E-state index contributed by atoms with van der Waals surface area (Å²) >= 11 is 0. The third kappa shape index (κ3) is 5.03. The van der Waals surface area contributed by atoms with Gasteiger partial charge in [-0.15, -0.1) is 0 Å². The number of hydrogen-bond acceptors (Lipinski definition) is 5. The minimum absolute atomic E-state index is 0.0599. The van der Waals surface area contributed by atoms with Crippen molar-refractivity contribution in [2.75, 3.05) is 6.61 Å². The Morgan fingerprint density at radius 2 is 1.97 bits per heavy atom. The van der Waals surface area contributed by atoms with Crippen molar-refractivity contribution in [3.05, 3.63) is 89.7 Å². The third-order valence-electron chi connectivity index (χ3n) is 5.21. The summed E-state index contributed by atoms with van der Waals surface area (Å²) in [5.41, 5.74) is 8.95. The maximum absolute atomic E-state index is 13.4. The number of fused-ring (bicyclic) bond motifs is 1. The molecule has 0 saturated heterocycles. The average Bonchev–Trinajstić information content (AvgIpc) is 3.12. The van der Waals surface area contributed by atoms with Crippen molar-refractivity contribution in [3.8, 4) is 11.5 Å². The molecule has 0 aliphatic heterocycles. The highest BCUT2D eigenvalue weighted by Gasteiger charge is 2.16. The Kier molecular flexibility index (Phi) is 6.48. The molecule has 0 amide bonds. The number of pyridine rings is 1. The molecule has 0 spiro atoms. The van der Waals surface area contributed by atoms with Crippen LogP contribution in [0.5, 0.6) is 11.5 Å². The van der Waals surface area contributed by atoms with Gasteiger partial charge in [0.1, 0.15) is 35.3 Å². The van der Waals surface area contributed by atoms with Crippen molar-refractivity contribution in [2.45, 2.75) is 32.4 Å². The van der Waals surface area contributed by atoms with Gasteiger partial charge in [-0.3, -0.25) is 4.98 Å². The SMILES string of the molecule is Cc1c(COc2cccc(F)c2)oc2cccc(OCCCC(N)c3cccnc3)c12. The van der Waals surface area contributed by atoms with E-state index in [1.54, 1.807) is 24.5 Å². The van der Waals surface area contributed by atoms with E-state index < -0.39 is 0 Å². The van der Waals surface area contributed by atoms with Crippen LogP contribution in [-0.2, 0) is 6.61 Å². The van der Waals surface area contributed by atoms with Gasteiger partial charge >= 0.3 is 0 Å². The van der Waals surface area contributed by atoms with Crippen molar-refractivity contribution >= 4 is 11.0 Å². The van der Waals surface area contributed by atoms with Gasteiger partial charge in [0.05, 0.1) is 12.0 Å².